The Kier molecular flexibility index (Phi) is 5.52. The van der Waals surface area contributed by atoms with Crippen molar-refractivity contribution in [1.29, 1.82) is 0 Å². The van der Waals surface area contributed by atoms with Gasteiger partial charge in [-0.2, -0.15) is 0 Å². The smallest absolute Gasteiger partial charge is 0.326 e. The van der Waals surface area contributed by atoms with Gasteiger partial charge in [-0.1, -0.05) is 29.8 Å². The van der Waals surface area contributed by atoms with Crippen molar-refractivity contribution in [3.63, 3.8) is 0 Å². The molecule has 1 aliphatic heterocycles. The number of hydrogen-bond acceptors (Lipinski definition) is 4. The van der Waals surface area contributed by atoms with E-state index in [1.54, 1.807) is 4.90 Å². The monoisotopic (exact) mass is 425 g/mol. The number of carbonyl (C=O) groups excluding carboxylic acids is 2. The Bertz CT molecular complexity index is 1120. The van der Waals surface area contributed by atoms with Gasteiger partial charge in [0.1, 0.15) is 12.4 Å². The lowest BCUT2D eigenvalue weighted by molar-refractivity contribution is -0.148. The molecule has 156 valence electrons. The fraction of sp³-hybridized carbons (Fsp3) is 0.348. The lowest BCUT2D eigenvalue weighted by Gasteiger charge is -2.18. The topological polar surface area (TPSA) is 64.4 Å². The van der Waals surface area contributed by atoms with Crippen LogP contribution in [0.5, 0.6) is 0 Å². The molecule has 1 aliphatic rings. The summed E-state index contributed by atoms with van der Waals surface area (Å²) >= 11 is 6.26. The van der Waals surface area contributed by atoms with Crippen LogP contribution in [-0.2, 0) is 20.9 Å². The molecule has 1 saturated heterocycles. The molecule has 0 N–H and O–H groups in total. The van der Waals surface area contributed by atoms with Crippen LogP contribution in [0.25, 0.3) is 11.0 Å². The zero-order valence-electron chi connectivity index (χ0n) is 17.3. The number of aromatic nitrogens is 2. The molecule has 0 aliphatic carbocycles. The molecule has 0 spiro atoms. The number of halogens is 1. The van der Waals surface area contributed by atoms with E-state index in [-0.39, 0.29) is 30.4 Å². The van der Waals surface area contributed by atoms with Crippen molar-refractivity contribution < 1.29 is 14.3 Å². The van der Waals surface area contributed by atoms with Crippen molar-refractivity contribution in [2.45, 2.75) is 45.8 Å². The molecular formula is C23H24ClN3O3. The molecular weight excluding hydrogens is 402 g/mol. The number of ether oxygens (including phenoxy) is 1. The standard InChI is InChI=1S/C23H24ClN3O3/c1-14(2)30-22(29)13-27-20-7-5-4-6-19(20)25-23(27)16-10-21(28)26(12-16)17-9-8-15(3)18(24)11-17/h4-9,11,14,16H,10,12-13H2,1-3H3. The highest BCUT2D eigenvalue weighted by Gasteiger charge is 2.35. The van der Waals surface area contributed by atoms with Crippen LogP contribution in [0.1, 0.15) is 37.6 Å². The minimum Gasteiger partial charge on any atom is -0.462 e. The molecule has 1 unspecified atom stereocenters. The fourth-order valence-electron chi connectivity index (χ4n) is 3.88. The number of fused-ring (bicyclic) bond motifs is 1. The molecule has 2 heterocycles. The summed E-state index contributed by atoms with van der Waals surface area (Å²) in [4.78, 5) is 31.7. The van der Waals surface area contributed by atoms with Gasteiger partial charge in [-0.15, -0.1) is 0 Å². The average molecular weight is 426 g/mol. The molecule has 1 aromatic heterocycles. The zero-order valence-corrected chi connectivity index (χ0v) is 18.0. The maximum Gasteiger partial charge on any atom is 0.326 e. The van der Waals surface area contributed by atoms with E-state index in [1.165, 1.54) is 0 Å². The summed E-state index contributed by atoms with van der Waals surface area (Å²) in [7, 11) is 0. The van der Waals surface area contributed by atoms with Crippen molar-refractivity contribution in [1.82, 2.24) is 9.55 Å². The van der Waals surface area contributed by atoms with Crippen LogP contribution in [0, 0.1) is 6.92 Å². The average Bonchev–Trinajstić information content (AvgIpc) is 3.24. The number of aryl methyl sites for hydroxylation is 1. The number of imidazole rings is 1. The van der Waals surface area contributed by atoms with E-state index in [4.69, 9.17) is 21.3 Å². The first-order valence-corrected chi connectivity index (χ1v) is 10.4. The number of amides is 1. The van der Waals surface area contributed by atoms with Crippen LogP contribution in [0.15, 0.2) is 42.5 Å². The highest BCUT2D eigenvalue weighted by molar-refractivity contribution is 6.31. The first-order chi connectivity index (χ1) is 14.3. The van der Waals surface area contributed by atoms with E-state index < -0.39 is 0 Å². The van der Waals surface area contributed by atoms with E-state index in [9.17, 15) is 9.59 Å². The first kappa shape index (κ1) is 20.4. The quantitative estimate of drug-likeness (QED) is 0.566. The number of para-hydroxylation sites is 2. The molecule has 30 heavy (non-hydrogen) atoms. The number of esters is 1. The molecule has 7 heteroatoms. The molecule has 0 radical (unpaired) electrons. The molecule has 1 atom stereocenters. The second-order valence-electron chi connectivity index (χ2n) is 7.92. The summed E-state index contributed by atoms with van der Waals surface area (Å²) in [6, 6.07) is 13.3. The van der Waals surface area contributed by atoms with Crippen LogP contribution in [0.2, 0.25) is 5.02 Å². The summed E-state index contributed by atoms with van der Waals surface area (Å²) in [6.45, 7) is 6.13. The molecule has 1 amide bonds. The van der Waals surface area contributed by atoms with Crippen LogP contribution in [-0.4, -0.2) is 34.1 Å². The molecule has 0 saturated carbocycles. The van der Waals surface area contributed by atoms with Gasteiger partial charge in [-0.3, -0.25) is 9.59 Å². The van der Waals surface area contributed by atoms with Crippen molar-refractivity contribution >= 4 is 40.2 Å². The van der Waals surface area contributed by atoms with Gasteiger partial charge in [0.25, 0.3) is 0 Å². The lowest BCUT2D eigenvalue weighted by Crippen LogP contribution is -2.25. The molecule has 3 aromatic rings. The molecule has 6 nitrogen and oxygen atoms in total. The Labute approximate surface area is 180 Å². The predicted octanol–water partition coefficient (Wildman–Crippen LogP) is 4.47. The summed E-state index contributed by atoms with van der Waals surface area (Å²) < 4.78 is 7.23. The van der Waals surface area contributed by atoms with E-state index in [1.807, 2.05) is 67.8 Å². The van der Waals surface area contributed by atoms with Gasteiger partial charge in [0.2, 0.25) is 5.91 Å². The zero-order chi connectivity index (χ0) is 21.4. The number of anilines is 1. The fourth-order valence-corrected chi connectivity index (χ4v) is 4.06. The summed E-state index contributed by atoms with van der Waals surface area (Å²) in [6.07, 6.45) is 0.138. The third kappa shape index (κ3) is 3.92. The minimum atomic E-state index is -0.319. The third-order valence-corrected chi connectivity index (χ3v) is 5.70. The van der Waals surface area contributed by atoms with Crippen molar-refractivity contribution in [2.75, 3.05) is 11.4 Å². The van der Waals surface area contributed by atoms with E-state index in [0.717, 1.165) is 28.1 Å². The Balaban J connectivity index is 1.67. The maximum atomic E-state index is 12.8. The third-order valence-electron chi connectivity index (χ3n) is 5.30. The van der Waals surface area contributed by atoms with Crippen molar-refractivity contribution in [3.8, 4) is 0 Å². The van der Waals surface area contributed by atoms with E-state index >= 15 is 0 Å². The van der Waals surface area contributed by atoms with Gasteiger partial charge in [0, 0.05) is 29.6 Å². The Morgan fingerprint density at radius 1 is 1.27 bits per heavy atom. The SMILES string of the molecule is Cc1ccc(N2CC(c3nc4ccccc4n3CC(=O)OC(C)C)CC2=O)cc1Cl. The Morgan fingerprint density at radius 3 is 2.77 bits per heavy atom. The van der Waals surface area contributed by atoms with Gasteiger partial charge in [0.15, 0.2) is 0 Å². The highest BCUT2D eigenvalue weighted by atomic mass is 35.5. The number of carbonyl (C=O) groups is 2. The number of rotatable bonds is 5. The first-order valence-electron chi connectivity index (χ1n) is 10.0. The van der Waals surface area contributed by atoms with Crippen LogP contribution in [0.4, 0.5) is 5.69 Å². The van der Waals surface area contributed by atoms with Crippen LogP contribution in [0.3, 0.4) is 0 Å². The summed E-state index contributed by atoms with van der Waals surface area (Å²) in [5, 5.41) is 0.632. The number of benzene rings is 2. The molecule has 4 rings (SSSR count). The van der Waals surface area contributed by atoms with Gasteiger partial charge < -0.3 is 14.2 Å². The normalized spacial score (nSPS) is 16.6. The second-order valence-corrected chi connectivity index (χ2v) is 8.33. The van der Waals surface area contributed by atoms with E-state index in [2.05, 4.69) is 0 Å². The highest BCUT2D eigenvalue weighted by Crippen LogP contribution is 2.34. The van der Waals surface area contributed by atoms with Gasteiger partial charge in [-0.25, -0.2) is 4.98 Å². The molecule has 0 bridgehead atoms. The largest absolute Gasteiger partial charge is 0.462 e. The van der Waals surface area contributed by atoms with Crippen LogP contribution < -0.4 is 4.90 Å². The predicted molar refractivity (Wildman–Crippen MR) is 117 cm³/mol. The second kappa shape index (κ2) is 8.11. The van der Waals surface area contributed by atoms with Crippen LogP contribution >= 0.6 is 11.6 Å². The lowest BCUT2D eigenvalue weighted by atomic mass is 10.1. The summed E-state index contributed by atoms with van der Waals surface area (Å²) in [5.41, 5.74) is 3.40. The number of hydrogen-bond donors (Lipinski definition) is 0. The van der Waals surface area contributed by atoms with Crippen molar-refractivity contribution in [2.24, 2.45) is 0 Å². The van der Waals surface area contributed by atoms with Gasteiger partial charge in [0.05, 0.1) is 17.1 Å². The van der Waals surface area contributed by atoms with Gasteiger partial charge >= 0.3 is 5.97 Å². The van der Waals surface area contributed by atoms with Gasteiger partial charge in [-0.05, 0) is 50.6 Å². The van der Waals surface area contributed by atoms with E-state index in [0.29, 0.717) is 18.0 Å². The maximum absolute atomic E-state index is 12.8. The Morgan fingerprint density at radius 2 is 2.03 bits per heavy atom. The number of nitrogens with zero attached hydrogens (tertiary/aromatic N) is 3. The van der Waals surface area contributed by atoms with Crippen molar-refractivity contribution in [3.05, 3.63) is 58.9 Å². The molecule has 2 aromatic carbocycles. The summed E-state index contributed by atoms with van der Waals surface area (Å²) in [5.74, 6) is 0.298. The minimum absolute atomic E-state index is 0.0169. The molecule has 1 fully saturated rings. The Hall–Kier alpha value is -2.86.